The minimum absolute atomic E-state index is 0.0789. The Hall–Kier alpha value is -2.64. The van der Waals surface area contributed by atoms with Crippen LogP contribution in [-0.4, -0.2) is 26.7 Å². The molecule has 0 fully saturated rings. The number of aromatic amines is 1. The standard InChI is InChI=1S/C18H14N4OS2/c23-16(14-10-19-15-9-5-4-8-13(14)15)11-24-18-22-21-17(25-18)20-12-6-2-1-3-7-12/h1-10,19H,11H2,(H,20,21). The fourth-order valence-electron chi connectivity index (χ4n) is 2.47. The Morgan fingerprint density at radius 3 is 2.76 bits per heavy atom. The summed E-state index contributed by atoms with van der Waals surface area (Å²) in [6.45, 7) is 0. The number of H-pyrrole nitrogens is 1. The molecule has 0 spiro atoms. The average molecular weight is 366 g/mol. The van der Waals surface area contributed by atoms with Gasteiger partial charge in [0.15, 0.2) is 10.1 Å². The first-order valence-corrected chi connectivity index (χ1v) is 9.47. The Kier molecular flexibility index (Phi) is 4.49. The number of benzene rings is 2. The molecule has 0 aliphatic rings. The molecule has 2 N–H and O–H groups in total. The van der Waals surface area contributed by atoms with Crippen molar-refractivity contribution in [2.24, 2.45) is 0 Å². The lowest BCUT2D eigenvalue weighted by Crippen LogP contribution is -2.01. The molecule has 2 aromatic carbocycles. The maximum Gasteiger partial charge on any atom is 0.210 e. The molecule has 124 valence electrons. The van der Waals surface area contributed by atoms with Crippen molar-refractivity contribution in [3.63, 3.8) is 0 Å². The average Bonchev–Trinajstić information content (AvgIpc) is 3.27. The normalized spacial score (nSPS) is 10.9. The largest absolute Gasteiger partial charge is 0.360 e. The van der Waals surface area contributed by atoms with Crippen molar-refractivity contribution < 1.29 is 4.79 Å². The Morgan fingerprint density at radius 1 is 1.08 bits per heavy atom. The Morgan fingerprint density at radius 2 is 1.88 bits per heavy atom. The number of nitrogens with one attached hydrogen (secondary N) is 2. The van der Waals surface area contributed by atoms with Gasteiger partial charge in [0.05, 0.1) is 5.75 Å². The van der Waals surface area contributed by atoms with Crippen molar-refractivity contribution in [3.05, 3.63) is 66.4 Å². The Labute approximate surface area is 152 Å². The van der Waals surface area contributed by atoms with Gasteiger partial charge in [-0.25, -0.2) is 0 Å². The van der Waals surface area contributed by atoms with Gasteiger partial charge in [-0.15, -0.1) is 10.2 Å². The molecule has 0 aliphatic heterocycles. The zero-order valence-corrected chi connectivity index (χ0v) is 14.7. The molecule has 4 rings (SSSR count). The number of hydrogen-bond donors (Lipinski definition) is 2. The van der Waals surface area contributed by atoms with Crippen molar-refractivity contribution in [3.8, 4) is 0 Å². The van der Waals surface area contributed by atoms with E-state index in [1.54, 1.807) is 6.20 Å². The molecular weight excluding hydrogens is 352 g/mol. The molecular formula is C18H14N4OS2. The number of para-hydroxylation sites is 2. The molecule has 0 saturated carbocycles. The van der Waals surface area contributed by atoms with E-state index in [1.165, 1.54) is 23.1 Å². The van der Waals surface area contributed by atoms with Crippen LogP contribution >= 0.6 is 23.1 Å². The van der Waals surface area contributed by atoms with E-state index in [4.69, 9.17) is 0 Å². The number of hydrogen-bond acceptors (Lipinski definition) is 6. The van der Waals surface area contributed by atoms with Gasteiger partial charge in [-0.05, 0) is 18.2 Å². The minimum atomic E-state index is 0.0789. The van der Waals surface area contributed by atoms with Gasteiger partial charge in [0.2, 0.25) is 5.13 Å². The van der Waals surface area contributed by atoms with Crippen LogP contribution in [0.25, 0.3) is 10.9 Å². The lowest BCUT2D eigenvalue weighted by Gasteiger charge is -1.99. The number of anilines is 2. The fraction of sp³-hybridized carbons (Fsp3) is 0.0556. The van der Waals surface area contributed by atoms with E-state index in [0.717, 1.165) is 26.5 Å². The van der Waals surface area contributed by atoms with Crippen LogP contribution < -0.4 is 5.32 Å². The van der Waals surface area contributed by atoms with Crippen LogP contribution in [0.5, 0.6) is 0 Å². The number of nitrogens with zero attached hydrogens (tertiary/aromatic N) is 2. The van der Waals surface area contributed by atoms with Gasteiger partial charge in [0.1, 0.15) is 0 Å². The summed E-state index contributed by atoms with van der Waals surface area (Å²) in [4.78, 5) is 15.6. The molecule has 0 atom stereocenters. The van der Waals surface area contributed by atoms with Gasteiger partial charge in [0, 0.05) is 28.4 Å². The van der Waals surface area contributed by atoms with Gasteiger partial charge in [0.25, 0.3) is 0 Å². The first-order chi connectivity index (χ1) is 12.3. The quantitative estimate of drug-likeness (QED) is 0.381. The molecule has 7 heteroatoms. The summed E-state index contributed by atoms with van der Waals surface area (Å²) in [5.41, 5.74) is 2.65. The lowest BCUT2D eigenvalue weighted by molar-refractivity contribution is 0.102. The Bertz CT molecular complexity index is 1010. The van der Waals surface area contributed by atoms with E-state index in [-0.39, 0.29) is 5.78 Å². The summed E-state index contributed by atoms with van der Waals surface area (Å²) >= 11 is 2.85. The van der Waals surface area contributed by atoms with Gasteiger partial charge in [-0.1, -0.05) is 59.5 Å². The van der Waals surface area contributed by atoms with Crippen LogP contribution in [0.2, 0.25) is 0 Å². The molecule has 25 heavy (non-hydrogen) atoms. The molecule has 0 saturated heterocycles. The van der Waals surface area contributed by atoms with Crippen molar-refractivity contribution in [2.75, 3.05) is 11.1 Å². The van der Waals surface area contributed by atoms with Gasteiger partial charge in [-0.2, -0.15) is 0 Å². The molecule has 0 bridgehead atoms. The highest BCUT2D eigenvalue weighted by atomic mass is 32.2. The Balaban J connectivity index is 1.41. The monoisotopic (exact) mass is 366 g/mol. The van der Waals surface area contributed by atoms with Crippen LogP contribution in [-0.2, 0) is 0 Å². The molecule has 4 aromatic rings. The van der Waals surface area contributed by atoms with E-state index in [1.807, 2.05) is 54.6 Å². The van der Waals surface area contributed by atoms with Gasteiger partial charge in [-0.3, -0.25) is 4.79 Å². The SMILES string of the molecule is O=C(CSc1nnc(Nc2ccccc2)s1)c1c[nH]c2ccccc12. The number of Topliss-reactive ketones (excluding diaryl/α,β-unsaturated/α-hetero) is 1. The second kappa shape index (κ2) is 7.08. The van der Waals surface area contributed by atoms with Crippen LogP contribution in [0, 0.1) is 0 Å². The minimum Gasteiger partial charge on any atom is -0.360 e. The number of ketones is 1. The highest BCUT2D eigenvalue weighted by molar-refractivity contribution is 8.01. The maximum absolute atomic E-state index is 12.5. The van der Waals surface area contributed by atoms with Crippen LogP contribution in [0.3, 0.4) is 0 Å². The van der Waals surface area contributed by atoms with Crippen molar-refractivity contribution in [1.29, 1.82) is 0 Å². The third kappa shape index (κ3) is 3.57. The third-order valence-electron chi connectivity index (χ3n) is 3.65. The van der Waals surface area contributed by atoms with Crippen LogP contribution in [0.4, 0.5) is 10.8 Å². The maximum atomic E-state index is 12.5. The molecule has 0 unspecified atom stereocenters. The number of aromatic nitrogens is 3. The predicted octanol–water partition coefficient (Wildman–Crippen LogP) is 4.74. The third-order valence-corrected chi connectivity index (χ3v) is 5.62. The summed E-state index contributed by atoms with van der Waals surface area (Å²) in [6.07, 6.45) is 1.77. The van der Waals surface area contributed by atoms with E-state index in [9.17, 15) is 4.79 Å². The first kappa shape index (κ1) is 15.9. The van der Waals surface area contributed by atoms with E-state index in [0.29, 0.717) is 10.9 Å². The highest BCUT2D eigenvalue weighted by Crippen LogP contribution is 2.29. The number of rotatable bonds is 6. The summed E-state index contributed by atoms with van der Waals surface area (Å²) in [5, 5.41) is 13.1. The predicted molar refractivity (Wildman–Crippen MR) is 103 cm³/mol. The topological polar surface area (TPSA) is 70.7 Å². The molecule has 5 nitrogen and oxygen atoms in total. The lowest BCUT2D eigenvalue weighted by atomic mass is 10.1. The van der Waals surface area contributed by atoms with E-state index in [2.05, 4.69) is 20.5 Å². The number of thioether (sulfide) groups is 1. The summed E-state index contributed by atoms with van der Waals surface area (Å²) < 4.78 is 0.770. The summed E-state index contributed by atoms with van der Waals surface area (Å²) in [6, 6.07) is 17.6. The van der Waals surface area contributed by atoms with E-state index >= 15 is 0 Å². The molecule has 0 amide bonds. The molecule has 0 radical (unpaired) electrons. The van der Waals surface area contributed by atoms with E-state index < -0.39 is 0 Å². The van der Waals surface area contributed by atoms with Crippen molar-refractivity contribution in [1.82, 2.24) is 15.2 Å². The van der Waals surface area contributed by atoms with Crippen molar-refractivity contribution in [2.45, 2.75) is 4.34 Å². The summed E-state index contributed by atoms with van der Waals surface area (Å²) in [7, 11) is 0. The van der Waals surface area contributed by atoms with Gasteiger partial charge < -0.3 is 10.3 Å². The highest BCUT2D eigenvalue weighted by Gasteiger charge is 2.14. The number of carbonyl (C=O) groups excluding carboxylic acids is 1. The fourth-order valence-corrected chi connectivity index (χ4v) is 4.13. The smallest absolute Gasteiger partial charge is 0.210 e. The second-order valence-electron chi connectivity index (χ2n) is 5.32. The molecule has 0 aliphatic carbocycles. The molecule has 2 heterocycles. The zero-order valence-electron chi connectivity index (χ0n) is 13.1. The van der Waals surface area contributed by atoms with Crippen LogP contribution in [0.15, 0.2) is 65.1 Å². The first-order valence-electron chi connectivity index (χ1n) is 7.67. The van der Waals surface area contributed by atoms with Crippen LogP contribution in [0.1, 0.15) is 10.4 Å². The number of carbonyl (C=O) groups is 1. The van der Waals surface area contributed by atoms with Gasteiger partial charge >= 0.3 is 0 Å². The second-order valence-corrected chi connectivity index (χ2v) is 7.52. The molecule has 2 aromatic heterocycles. The van der Waals surface area contributed by atoms with Crippen molar-refractivity contribution >= 4 is 50.6 Å². The number of fused-ring (bicyclic) bond motifs is 1. The summed E-state index contributed by atoms with van der Waals surface area (Å²) in [5.74, 6) is 0.414. The zero-order chi connectivity index (χ0) is 17.1.